The average Bonchev–Trinajstić information content (AvgIpc) is 3.08. The largest absolute Gasteiger partial charge is 0.494 e. The van der Waals surface area contributed by atoms with Crippen molar-refractivity contribution in [2.75, 3.05) is 18.1 Å². The van der Waals surface area contributed by atoms with E-state index in [-0.39, 0.29) is 11.6 Å². The molecule has 0 saturated carbocycles. The number of hydrogen-bond acceptors (Lipinski definition) is 3. The predicted molar refractivity (Wildman–Crippen MR) is 98.8 cm³/mol. The number of hydrogen-bond donors (Lipinski definition) is 0. The van der Waals surface area contributed by atoms with Gasteiger partial charge in [0.15, 0.2) is 0 Å². The molecule has 4 heteroatoms. The van der Waals surface area contributed by atoms with Gasteiger partial charge in [-0.1, -0.05) is 37.3 Å². The third kappa shape index (κ3) is 2.52. The van der Waals surface area contributed by atoms with E-state index >= 15 is 0 Å². The Morgan fingerprint density at radius 3 is 2.76 bits per heavy atom. The number of ether oxygens (including phenoxy) is 1. The zero-order chi connectivity index (χ0) is 17.4. The highest BCUT2D eigenvalue weighted by molar-refractivity contribution is 5.83. The van der Waals surface area contributed by atoms with E-state index in [1.807, 2.05) is 30.0 Å². The van der Waals surface area contributed by atoms with Crippen LogP contribution >= 0.6 is 0 Å². The first-order valence-electron chi connectivity index (χ1n) is 8.96. The Labute approximate surface area is 149 Å². The molecule has 2 aromatic rings. The highest BCUT2D eigenvalue weighted by Gasteiger charge is 2.54. The molecule has 0 radical (unpaired) electrons. The summed E-state index contributed by atoms with van der Waals surface area (Å²) in [6.07, 6.45) is 2.09. The van der Waals surface area contributed by atoms with Gasteiger partial charge in [-0.05, 0) is 42.7 Å². The predicted octanol–water partition coefficient (Wildman–Crippen LogP) is 3.55. The number of fused-ring (bicyclic) bond motifs is 3. The smallest absolute Gasteiger partial charge is 0.215 e. The molecule has 0 aromatic heterocycles. The van der Waals surface area contributed by atoms with E-state index in [2.05, 4.69) is 42.2 Å². The van der Waals surface area contributed by atoms with Crippen molar-refractivity contribution in [2.24, 2.45) is 0 Å². The van der Waals surface area contributed by atoms with E-state index in [1.165, 1.54) is 11.1 Å². The van der Waals surface area contributed by atoms with Crippen LogP contribution in [-0.4, -0.2) is 30.6 Å². The number of nitrogens with zero attached hydrogens (tertiary/aromatic N) is 2. The molecule has 1 amide bonds. The third-order valence-corrected chi connectivity index (χ3v) is 5.61. The first-order valence-corrected chi connectivity index (χ1v) is 8.96. The van der Waals surface area contributed by atoms with Crippen molar-refractivity contribution in [2.45, 2.75) is 38.4 Å². The lowest BCUT2D eigenvalue weighted by Gasteiger charge is -2.33. The highest BCUT2D eigenvalue weighted by Crippen LogP contribution is 2.52. The molecule has 130 valence electrons. The first kappa shape index (κ1) is 16.2. The van der Waals surface area contributed by atoms with Crippen LogP contribution in [0.2, 0.25) is 0 Å². The van der Waals surface area contributed by atoms with Crippen molar-refractivity contribution in [3.63, 3.8) is 0 Å². The molecule has 2 heterocycles. The van der Waals surface area contributed by atoms with E-state index in [1.54, 1.807) is 0 Å². The van der Waals surface area contributed by atoms with Crippen LogP contribution in [0.5, 0.6) is 5.75 Å². The molecule has 4 nitrogen and oxygen atoms in total. The lowest BCUT2D eigenvalue weighted by Crippen LogP contribution is -2.48. The van der Waals surface area contributed by atoms with Crippen LogP contribution in [0.4, 0.5) is 5.69 Å². The van der Waals surface area contributed by atoms with Gasteiger partial charge in [-0.2, -0.15) is 0 Å². The van der Waals surface area contributed by atoms with Crippen molar-refractivity contribution in [3.05, 3.63) is 59.7 Å². The third-order valence-electron chi connectivity index (χ3n) is 5.61. The molecule has 0 bridgehead atoms. The standard InChI is InChI=1S/C21H24N2O2/c1-3-25-17-9-10-19-18(13-17)21(2)11-12-22(20(21)23(19)15-24)14-16-7-5-4-6-8-16/h4-10,13,15,20H,3,11-12,14H2,1-2H3. The normalized spacial score (nSPS) is 24.9. The molecule has 2 atom stereocenters. The number of rotatable bonds is 5. The molecule has 0 N–H and O–H groups in total. The molecule has 1 saturated heterocycles. The second-order valence-electron chi connectivity index (χ2n) is 7.12. The van der Waals surface area contributed by atoms with Crippen molar-refractivity contribution in [1.29, 1.82) is 0 Å². The summed E-state index contributed by atoms with van der Waals surface area (Å²) in [6.45, 7) is 6.76. The van der Waals surface area contributed by atoms with Crippen molar-refractivity contribution < 1.29 is 9.53 Å². The molecule has 2 unspecified atom stereocenters. The monoisotopic (exact) mass is 336 g/mol. The van der Waals surface area contributed by atoms with E-state index < -0.39 is 0 Å². The number of amides is 1. The minimum Gasteiger partial charge on any atom is -0.494 e. The molecular formula is C21H24N2O2. The fourth-order valence-electron chi connectivity index (χ4n) is 4.47. The van der Waals surface area contributed by atoms with Crippen LogP contribution in [-0.2, 0) is 16.8 Å². The lowest BCUT2D eigenvalue weighted by molar-refractivity contribution is -0.108. The minimum absolute atomic E-state index is 0.0574. The van der Waals surface area contributed by atoms with E-state index in [4.69, 9.17) is 4.74 Å². The van der Waals surface area contributed by atoms with Crippen LogP contribution in [0.25, 0.3) is 0 Å². The Morgan fingerprint density at radius 1 is 1.24 bits per heavy atom. The Balaban J connectivity index is 1.70. The minimum atomic E-state index is -0.0574. The molecule has 4 rings (SSSR count). The van der Waals surface area contributed by atoms with Gasteiger partial charge in [0, 0.05) is 24.2 Å². The van der Waals surface area contributed by atoms with Crippen molar-refractivity contribution in [3.8, 4) is 5.75 Å². The summed E-state index contributed by atoms with van der Waals surface area (Å²) < 4.78 is 5.70. The van der Waals surface area contributed by atoms with Gasteiger partial charge in [0.25, 0.3) is 0 Å². The second kappa shape index (κ2) is 6.19. The van der Waals surface area contributed by atoms with Crippen LogP contribution in [0.1, 0.15) is 31.4 Å². The van der Waals surface area contributed by atoms with Crippen LogP contribution in [0.15, 0.2) is 48.5 Å². The van der Waals surface area contributed by atoms with Gasteiger partial charge in [0.05, 0.1) is 12.8 Å². The maximum atomic E-state index is 11.9. The SMILES string of the molecule is CCOc1ccc2c(c1)C1(C)CCN(Cc3ccccc3)C1N2C=O. The van der Waals surface area contributed by atoms with Gasteiger partial charge in [0.1, 0.15) is 5.75 Å². The van der Waals surface area contributed by atoms with Gasteiger partial charge in [-0.25, -0.2) is 0 Å². The van der Waals surface area contributed by atoms with Crippen molar-refractivity contribution >= 4 is 12.1 Å². The Bertz CT molecular complexity index is 777. The van der Waals surface area contributed by atoms with E-state index in [0.717, 1.165) is 37.4 Å². The number of anilines is 1. The zero-order valence-corrected chi connectivity index (χ0v) is 14.8. The Morgan fingerprint density at radius 2 is 2.04 bits per heavy atom. The number of benzene rings is 2. The molecule has 2 aromatic carbocycles. The fourth-order valence-corrected chi connectivity index (χ4v) is 4.47. The van der Waals surface area contributed by atoms with Crippen LogP contribution in [0, 0.1) is 0 Å². The highest BCUT2D eigenvalue weighted by atomic mass is 16.5. The van der Waals surface area contributed by atoms with Gasteiger partial charge < -0.3 is 4.74 Å². The summed E-state index contributed by atoms with van der Waals surface area (Å²) in [5.74, 6) is 0.885. The summed E-state index contributed by atoms with van der Waals surface area (Å²) in [5, 5.41) is 0. The average molecular weight is 336 g/mol. The summed E-state index contributed by atoms with van der Waals surface area (Å²) in [7, 11) is 0. The summed E-state index contributed by atoms with van der Waals surface area (Å²) in [6, 6.07) is 16.6. The fraction of sp³-hybridized carbons (Fsp3) is 0.381. The first-order chi connectivity index (χ1) is 12.2. The van der Waals surface area contributed by atoms with Crippen molar-refractivity contribution in [1.82, 2.24) is 4.90 Å². The quantitative estimate of drug-likeness (QED) is 0.783. The topological polar surface area (TPSA) is 32.8 Å². The van der Waals surface area contributed by atoms with Crippen LogP contribution < -0.4 is 9.64 Å². The van der Waals surface area contributed by atoms with Gasteiger partial charge in [0.2, 0.25) is 6.41 Å². The lowest BCUT2D eigenvalue weighted by atomic mass is 9.81. The van der Waals surface area contributed by atoms with E-state index in [0.29, 0.717) is 6.61 Å². The molecule has 1 fully saturated rings. The molecule has 25 heavy (non-hydrogen) atoms. The van der Waals surface area contributed by atoms with Gasteiger partial charge >= 0.3 is 0 Å². The molecule has 2 aliphatic heterocycles. The van der Waals surface area contributed by atoms with Gasteiger partial charge in [-0.15, -0.1) is 0 Å². The molecular weight excluding hydrogens is 312 g/mol. The maximum absolute atomic E-state index is 11.9. The molecule has 0 aliphatic carbocycles. The Kier molecular flexibility index (Phi) is 4.00. The van der Waals surface area contributed by atoms with Crippen LogP contribution in [0.3, 0.4) is 0 Å². The number of carbonyl (C=O) groups excluding carboxylic acids is 1. The molecule has 0 spiro atoms. The maximum Gasteiger partial charge on any atom is 0.215 e. The second-order valence-corrected chi connectivity index (χ2v) is 7.12. The summed E-state index contributed by atoms with van der Waals surface area (Å²) in [5.41, 5.74) is 3.47. The van der Waals surface area contributed by atoms with E-state index in [9.17, 15) is 4.79 Å². The molecule has 2 aliphatic rings. The number of likely N-dealkylation sites (tertiary alicyclic amines) is 1. The zero-order valence-electron chi connectivity index (χ0n) is 14.8. The summed E-state index contributed by atoms with van der Waals surface area (Å²) in [4.78, 5) is 16.3. The Hall–Kier alpha value is -2.33. The van der Waals surface area contributed by atoms with Gasteiger partial charge in [-0.3, -0.25) is 14.6 Å². The number of carbonyl (C=O) groups is 1. The summed E-state index contributed by atoms with van der Waals surface area (Å²) >= 11 is 0.